The predicted octanol–water partition coefficient (Wildman–Crippen LogP) is 5.64. The number of hydrogen-bond donors (Lipinski definition) is 2. The third-order valence-electron chi connectivity index (χ3n) is 3.55. The second-order valence-electron chi connectivity index (χ2n) is 5.41. The van der Waals surface area contributed by atoms with Gasteiger partial charge in [0.25, 0.3) is 0 Å². The number of rotatable bonds is 5. The van der Waals surface area contributed by atoms with Crippen LogP contribution in [0.2, 0.25) is 5.02 Å². The summed E-state index contributed by atoms with van der Waals surface area (Å²) in [5, 5.41) is 6.06. The van der Waals surface area contributed by atoms with E-state index in [2.05, 4.69) is 20.6 Å². The molecule has 0 unspecified atom stereocenters. The Labute approximate surface area is 158 Å². The van der Waals surface area contributed by atoms with Crippen molar-refractivity contribution in [2.75, 3.05) is 17.7 Å². The highest BCUT2D eigenvalue weighted by atomic mass is 35.5. The van der Waals surface area contributed by atoms with Gasteiger partial charge in [0.15, 0.2) is 0 Å². The lowest BCUT2D eigenvalue weighted by Crippen LogP contribution is -2.13. The summed E-state index contributed by atoms with van der Waals surface area (Å²) in [6.45, 7) is 0. The Kier molecular flexibility index (Phi) is 5.36. The Morgan fingerprint density at radius 1 is 1.00 bits per heavy atom. The van der Waals surface area contributed by atoms with E-state index in [-0.39, 0.29) is 5.95 Å². The van der Waals surface area contributed by atoms with Crippen LogP contribution in [0, 0.1) is 0 Å². The number of hydrogen-bond acceptors (Lipinski definition) is 5. The minimum atomic E-state index is -4.62. The maximum absolute atomic E-state index is 13.4. The standard InChI is InChI=1S/C18H14ClF3N4O/c1-27-15-5-3-2-4-14(15)25-16-13(18(20,21)22)10-23-17(26-16)24-12-8-6-11(19)7-9-12/h2-10H,1H3,(H2,23,24,25,26). The second-order valence-corrected chi connectivity index (χ2v) is 5.85. The molecule has 0 radical (unpaired) electrons. The van der Waals surface area contributed by atoms with Gasteiger partial charge in [-0.05, 0) is 36.4 Å². The molecule has 0 aliphatic carbocycles. The number of methoxy groups -OCH3 is 1. The summed E-state index contributed by atoms with van der Waals surface area (Å²) in [7, 11) is 1.43. The fourth-order valence-electron chi connectivity index (χ4n) is 2.28. The molecule has 3 rings (SSSR count). The molecule has 0 saturated carbocycles. The lowest BCUT2D eigenvalue weighted by molar-refractivity contribution is -0.137. The van der Waals surface area contributed by atoms with Gasteiger partial charge in [-0.1, -0.05) is 23.7 Å². The molecule has 0 amide bonds. The Balaban J connectivity index is 1.97. The minimum absolute atomic E-state index is 0.00252. The van der Waals surface area contributed by atoms with E-state index in [1.54, 1.807) is 48.5 Å². The quantitative estimate of drug-likeness (QED) is 0.586. The summed E-state index contributed by atoms with van der Waals surface area (Å²) in [6, 6.07) is 13.2. The van der Waals surface area contributed by atoms with Crippen LogP contribution < -0.4 is 15.4 Å². The van der Waals surface area contributed by atoms with Crippen LogP contribution in [-0.4, -0.2) is 17.1 Å². The van der Waals surface area contributed by atoms with E-state index in [1.165, 1.54) is 7.11 Å². The van der Waals surface area contributed by atoms with Gasteiger partial charge in [0.1, 0.15) is 17.1 Å². The average molecular weight is 395 g/mol. The molecule has 1 heterocycles. The van der Waals surface area contributed by atoms with Crippen LogP contribution >= 0.6 is 11.6 Å². The summed E-state index contributed by atoms with van der Waals surface area (Å²) in [4.78, 5) is 7.75. The maximum atomic E-state index is 13.4. The number of anilines is 4. The van der Waals surface area contributed by atoms with E-state index in [9.17, 15) is 13.2 Å². The first-order valence-electron chi connectivity index (χ1n) is 7.73. The highest BCUT2D eigenvalue weighted by molar-refractivity contribution is 6.30. The molecule has 0 saturated heterocycles. The third kappa shape index (κ3) is 4.59. The highest BCUT2D eigenvalue weighted by Crippen LogP contribution is 2.36. The van der Waals surface area contributed by atoms with Crippen LogP contribution in [0.5, 0.6) is 5.75 Å². The van der Waals surface area contributed by atoms with Crippen molar-refractivity contribution in [3.63, 3.8) is 0 Å². The van der Waals surface area contributed by atoms with Gasteiger partial charge in [0, 0.05) is 16.9 Å². The van der Waals surface area contributed by atoms with E-state index >= 15 is 0 Å². The third-order valence-corrected chi connectivity index (χ3v) is 3.81. The first kappa shape index (κ1) is 18.8. The molecular formula is C18H14ClF3N4O. The SMILES string of the molecule is COc1ccccc1Nc1nc(Nc2ccc(Cl)cc2)ncc1C(F)(F)F. The van der Waals surface area contributed by atoms with Crippen LogP contribution in [0.3, 0.4) is 0 Å². The van der Waals surface area contributed by atoms with Gasteiger partial charge >= 0.3 is 6.18 Å². The molecule has 1 aromatic heterocycles. The van der Waals surface area contributed by atoms with Crippen molar-refractivity contribution in [2.45, 2.75) is 6.18 Å². The summed E-state index contributed by atoms with van der Waals surface area (Å²) >= 11 is 5.82. The van der Waals surface area contributed by atoms with Crippen molar-refractivity contribution >= 4 is 34.7 Å². The van der Waals surface area contributed by atoms with E-state index in [0.29, 0.717) is 22.1 Å². The molecule has 0 atom stereocenters. The first-order valence-corrected chi connectivity index (χ1v) is 8.11. The fourth-order valence-corrected chi connectivity index (χ4v) is 2.41. The zero-order chi connectivity index (χ0) is 19.4. The Hall–Kier alpha value is -3.00. The average Bonchev–Trinajstić information content (AvgIpc) is 2.63. The van der Waals surface area contributed by atoms with Crippen LogP contribution in [-0.2, 0) is 6.18 Å². The normalized spacial score (nSPS) is 11.1. The largest absolute Gasteiger partial charge is 0.495 e. The number of para-hydroxylation sites is 2. The Morgan fingerprint density at radius 2 is 1.70 bits per heavy atom. The van der Waals surface area contributed by atoms with Crippen molar-refractivity contribution < 1.29 is 17.9 Å². The molecule has 0 aliphatic rings. The van der Waals surface area contributed by atoms with Crippen molar-refractivity contribution in [1.82, 2.24) is 9.97 Å². The number of benzene rings is 2. The number of ether oxygens (including phenoxy) is 1. The predicted molar refractivity (Wildman–Crippen MR) is 98.0 cm³/mol. The fraction of sp³-hybridized carbons (Fsp3) is 0.111. The van der Waals surface area contributed by atoms with Crippen LogP contribution in [0.4, 0.5) is 36.3 Å². The van der Waals surface area contributed by atoms with Crippen molar-refractivity contribution in [2.24, 2.45) is 0 Å². The molecule has 9 heteroatoms. The summed E-state index contributed by atoms with van der Waals surface area (Å²) in [6.07, 6.45) is -3.90. The molecule has 140 valence electrons. The van der Waals surface area contributed by atoms with Crippen LogP contribution in [0.25, 0.3) is 0 Å². The second kappa shape index (κ2) is 7.71. The first-order chi connectivity index (χ1) is 12.9. The lowest BCUT2D eigenvalue weighted by atomic mass is 10.2. The molecule has 0 fully saturated rings. The van der Waals surface area contributed by atoms with E-state index in [0.717, 1.165) is 6.20 Å². The van der Waals surface area contributed by atoms with E-state index in [4.69, 9.17) is 16.3 Å². The molecule has 0 aliphatic heterocycles. The minimum Gasteiger partial charge on any atom is -0.495 e. The number of nitrogens with zero attached hydrogens (tertiary/aromatic N) is 2. The van der Waals surface area contributed by atoms with E-state index in [1.807, 2.05) is 0 Å². The number of aromatic nitrogens is 2. The van der Waals surface area contributed by atoms with Gasteiger partial charge < -0.3 is 15.4 Å². The van der Waals surface area contributed by atoms with Crippen molar-refractivity contribution in [3.05, 3.63) is 65.3 Å². The Bertz CT molecular complexity index is 933. The smallest absolute Gasteiger partial charge is 0.421 e. The number of halogens is 4. The lowest BCUT2D eigenvalue weighted by Gasteiger charge is -2.16. The summed E-state index contributed by atoms with van der Waals surface area (Å²) in [5.74, 6) is -0.00219. The molecule has 0 spiro atoms. The zero-order valence-corrected chi connectivity index (χ0v) is 14.8. The van der Waals surface area contributed by atoms with Gasteiger partial charge in [0.2, 0.25) is 5.95 Å². The molecule has 0 bridgehead atoms. The van der Waals surface area contributed by atoms with Crippen LogP contribution in [0.15, 0.2) is 54.7 Å². The van der Waals surface area contributed by atoms with Gasteiger partial charge in [-0.25, -0.2) is 4.98 Å². The molecule has 3 aromatic rings. The molecule has 2 N–H and O–H groups in total. The van der Waals surface area contributed by atoms with Crippen LogP contribution in [0.1, 0.15) is 5.56 Å². The van der Waals surface area contributed by atoms with Gasteiger partial charge in [-0.3, -0.25) is 0 Å². The topological polar surface area (TPSA) is 59.1 Å². The molecular weight excluding hydrogens is 381 g/mol. The summed E-state index contributed by atoms with van der Waals surface area (Å²) in [5.41, 5.74) is -0.0564. The number of alkyl halides is 3. The maximum Gasteiger partial charge on any atom is 0.421 e. The molecule has 2 aromatic carbocycles. The molecule has 5 nitrogen and oxygen atoms in total. The molecule has 27 heavy (non-hydrogen) atoms. The van der Waals surface area contributed by atoms with E-state index < -0.39 is 17.6 Å². The Morgan fingerprint density at radius 3 is 2.37 bits per heavy atom. The highest BCUT2D eigenvalue weighted by Gasteiger charge is 2.35. The van der Waals surface area contributed by atoms with Crippen molar-refractivity contribution in [1.29, 1.82) is 0 Å². The zero-order valence-electron chi connectivity index (χ0n) is 14.0. The monoisotopic (exact) mass is 394 g/mol. The van der Waals surface area contributed by atoms with Crippen molar-refractivity contribution in [3.8, 4) is 5.75 Å². The van der Waals surface area contributed by atoms with Gasteiger partial charge in [-0.2, -0.15) is 18.2 Å². The van der Waals surface area contributed by atoms with Gasteiger partial charge in [0.05, 0.1) is 12.8 Å². The van der Waals surface area contributed by atoms with Gasteiger partial charge in [-0.15, -0.1) is 0 Å². The summed E-state index contributed by atoms with van der Waals surface area (Å²) < 4.78 is 45.2. The number of nitrogens with one attached hydrogen (secondary N) is 2.